The molecule has 2 unspecified atom stereocenters. The third-order valence-corrected chi connectivity index (χ3v) is 5.05. The molecule has 3 heterocycles. The molecule has 130 valence electrons. The van der Waals surface area contributed by atoms with Gasteiger partial charge in [-0.15, -0.1) is 0 Å². The minimum Gasteiger partial charge on any atom is -0.391 e. The molecule has 0 spiro atoms. The van der Waals surface area contributed by atoms with E-state index in [2.05, 4.69) is 34.1 Å². The number of β-amino-alcohol motifs (C(OH)–C–C–N with tert-alkyl or cyclic N) is 1. The van der Waals surface area contributed by atoms with Crippen LogP contribution in [0.3, 0.4) is 0 Å². The topological polar surface area (TPSA) is 62.4 Å². The highest BCUT2D eigenvalue weighted by atomic mass is 16.5. The normalized spacial score (nSPS) is 21.2. The zero-order chi connectivity index (χ0) is 17.2. The summed E-state index contributed by atoms with van der Waals surface area (Å²) in [7, 11) is 0. The Morgan fingerprint density at radius 2 is 2.12 bits per heavy atom. The number of aromatic nitrogens is 2. The number of benzene rings is 1. The Kier molecular flexibility index (Phi) is 4.51. The average molecular weight is 337 g/mol. The van der Waals surface area contributed by atoms with Gasteiger partial charge in [0.15, 0.2) is 5.76 Å². The molecule has 2 aromatic heterocycles. The third kappa shape index (κ3) is 3.43. The van der Waals surface area contributed by atoms with Crippen molar-refractivity contribution in [1.29, 1.82) is 0 Å². The van der Waals surface area contributed by atoms with E-state index in [1.807, 2.05) is 30.5 Å². The number of pyridine rings is 1. The fourth-order valence-corrected chi connectivity index (χ4v) is 3.70. The molecule has 0 bridgehead atoms. The number of aliphatic hydroxyl groups is 1. The van der Waals surface area contributed by atoms with Crippen LogP contribution < -0.4 is 0 Å². The molecule has 0 aliphatic carbocycles. The molecular formula is C20H23N3O2. The van der Waals surface area contributed by atoms with Crippen LogP contribution in [0.5, 0.6) is 0 Å². The van der Waals surface area contributed by atoms with E-state index in [1.165, 1.54) is 10.9 Å². The highest BCUT2D eigenvalue weighted by Crippen LogP contribution is 2.26. The Morgan fingerprint density at radius 1 is 1.24 bits per heavy atom. The Bertz CT molecular complexity index is 856. The monoisotopic (exact) mass is 337 g/mol. The highest BCUT2D eigenvalue weighted by Gasteiger charge is 2.32. The first-order chi connectivity index (χ1) is 12.2. The largest absolute Gasteiger partial charge is 0.391 e. The summed E-state index contributed by atoms with van der Waals surface area (Å²) in [5.41, 5.74) is 3.25. The fourth-order valence-electron chi connectivity index (χ4n) is 3.70. The van der Waals surface area contributed by atoms with Gasteiger partial charge in [0.2, 0.25) is 0 Å². The predicted molar refractivity (Wildman–Crippen MR) is 96.1 cm³/mol. The summed E-state index contributed by atoms with van der Waals surface area (Å²) < 4.78 is 5.38. The van der Waals surface area contributed by atoms with Crippen molar-refractivity contribution in [3.05, 3.63) is 59.6 Å². The van der Waals surface area contributed by atoms with E-state index in [4.69, 9.17) is 4.52 Å². The van der Waals surface area contributed by atoms with E-state index in [0.29, 0.717) is 13.1 Å². The number of hydrogen-bond acceptors (Lipinski definition) is 5. The zero-order valence-corrected chi connectivity index (χ0v) is 14.4. The summed E-state index contributed by atoms with van der Waals surface area (Å²) in [6, 6.07) is 12.3. The molecule has 3 aromatic rings. The second-order valence-corrected chi connectivity index (χ2v) is 6.85. The van der Waals surface area contributed by atoms with Crippen LogP contribution in [-0.2, 0) is 19.4 Å². The Labute approximate surface area is 147 Å². The van der Waals surface area contributed by atoms with Gasteiger partial charge in [0, 0.05) is 36.7 Å². The maximum Gasteiger partial charge on any atom is 0.150 e. The Morgan fingerprint density at radius 3 is 2.96 bits per heavy atom. The lowest BCUT2D eigenvalue weighted by molar-refractivity contribution is 0.140. The standard InChI is InChI=1S/C20H23N3O2/c1-2-16-10-17(25-22-16)12-23-11-15(20(24)13-23)9-14-7-8-21-19-6-4-3-5-18(14)19/h3-8,10,15,20,24H,2,9,11-13H2,1H3. The number of aryl methyl sites for hydroxylation is 1. The SMILES string of the molecule is CCc1cc(CN2CC(O)C(Cc3ccnc4ccccc34)C2)on1. The first kappa shape index (κ1) is 16.2. The molecule has 0 amide bonds. The van der Waals surface area contributed by atoms with Crippen molar-refractivity contribution in [1.82, 2.24) is 15.0 Å². The van der Waals surface area contributed by atoms with Crippen LogP contribution in [0.4, 0.5) is 0 Å². The molecule has 4 rings (SSSR count). The van der Waals surface area contributed by atoms with Gasteiger partial charge < -0.3 is 9.63 Å². The van der Waals surface area contributed by atoms with Gasteiger partial charge in [-0.25, -0.2) is 0 Å². The molecule has 5 heteroatoms. The van der Waals surface area contributed by atoms with Crippen molar-refractivity contribution >= 4 is 10.9 Å². The molecule has 0 radical (unpaired) electrons. The number of hydrogen-bond donors (Lipinski definition) is 1. The molecular weight excluding hydrogens is 314 g/mol. The second kappa shape index (κ2) is 6.94. The first-order valence-electron chi connectivity index (χ1n) is 8.90. The van der Waals surface area contributed by atoms with Crippen LogP contribution in [0.25, 0.3) is 10.9 Å². The zero-order valence-electron chi connectivity index (χ0n) is 14.4. The van der Waals surface area contributed by atoms with Crippen molar-refractivity contribution in [2.24, 2.45) is 5.92 Å². The number of aliphatic hydroxyl groups excluding tert-OH is 1. The van der Waals surface area contributed by atoms with E-state index in [0.717, 1.165) is 36.4 Å². The van der Waals surface area contributed by atoms with Gasteiger partial charge >= 0.3 is 0 Å². The van der Waals surface area contributed by atoms with E-state index in [-0.39, 0.29) is 12.0 Å². The van der Waals surface area contributed by atoms with Crippen molar-refractivity contribution in [2.45, 2.75) is 32.4 Å². The lowest BCUT2D eigenvalue weighted by atomic mass is 9.94. The lowest BCUT2D eigenvalue weighted by Crippen LogP contribution is -2.21. The van der Waals surface area contributed by atoms with E-state index in [1.54, 1.807) is 0 Å². The molecule has 25 heavy (non-hydrogen) atoms. The summed E-state index contributed by atoms with van der Waals surface area (Å²) in [6.45, 7) is 4.31. The average Bonchev–Trinajstić information content (AvgIpc) is 3.22. The minimum atomic E-state index is -0.319. The quantitative estimate of drug-likeness (QED) is 0.776. The van der Waals surface area contributed by atoms with Crippen LogP contribution >= 0.6 is 0 Å². The molecule has 1 aromatic carbocycles. The van der Waals surface area contributed by atoms with Crippen LogP contribution in [-0.4, -0.2) is 39.3 Å². The second-order valence-electron chi connectivity index (χ2n) is 6.85. The Balaban J connectivity index is 1.46. The van der Waals surface area contributed by atoms with Gasteiger partial charge in [-0.05, 0) is 30.5 Å². The molecule has 1 saturated heterocycles. The maximum atomic E-state index is 10.5. The molecule has 0 saturated carbocycles. The van der Waals surface area contributed by atoms with Crippen LogP contribution in [0.1, 0.15) is 23.9 Å². The van der Waals surface area contributed by atoms with Gasteiger partial charge in [-0.3, -0.25) is 9.88 Å². The number of nitrogens with zero attached hydrogens (tertiary/aromatic N) is 3. The highest BCUT2D eigenvalue weighted by molar-refractivity contribution is 5.81. The van der Waals surface area contributed by atoms with Crippen LogP contribution in [0, 0.1) is 5.92 Å². The fraction of sp³-hybridized carbons (Fsp3) is 0.400. The van der Waals surface area contributed by atoms with Gasteiger partial charge in [0.05, 0.1) is 23.9 Å². The summed E-state index contributed by atoms with van der Waals surface area (Å²) >= 11 is 0. The summed E-state index contributed by atoms with van der Waals surface area (Å²) in [5.74, 6) is 1.10. The third-order valence-electron chi connectivity index (χ3n) is 5.05. The molecule has 5 nitrogen and oxygen atoms in total. The maximum absolute atomic E-state index is 10.5. The van der Waals surface area contributed by atoms with Gasteiger partial charge in [-0.2, -0.15) is 0 Å². The summed E-state index contributed by atoms with van der Waals surface area (Å²) in [6.07, 6.45) is 3.28. The van der Waals surface area contributed by atoms with E-state index >= 15 is 0 Å². The number of fused-ring (bicyclic) bond motifs is 1. The molecule has 1 aliphatic rings. The molecule has 1 aliphatic heterocycles. The van der Waals surface area contributed by atoms with Crippen LogP contribution in [0.2, 0.25) is 0 Å². The minimum absolute atomic E-state index is 0.222. The van der Waals surface area contributed by atoms with Gasteiger partial charge in [0.1, 0.15) is 0 Å². The van der Waals surface area contributed by atoms with Crippen molar-refractivity contribution in [3.63, 3.8) is 0 Å². The van der Waals surface area contributed by atoms with Gasteiger partial charge in [0.25, 0.3) is 0 Å². The summed E-state index contributed by atoms with van der Waals surface area (Å²) in [4.78, 5) is 6.67. The number of rotatable bonds is 5. The molecule has 1 fully saturated rings. The van der Waals surface area contributed by atoms with Crippen molar-refractivity contribution in [2.75, 3.05) is 13.1 Å². The van der Waals surface area contributed by atoms with E-state index in [9.17, 15) is 5.11 Å². The number of likely N-dealkylation sites (tertiary alicyclic amines) is 1. The van der Waals surface area contributed by atoms with E-state index < -0.39 is 0 Å². The van der Waals surface area contributed by atoms with Crippen molar-refractivity contribution in [3.8, 4) is 0 Å². The number of para-hydroxylation sites is 1. The predicted octanol–water partition coefficient (Wildman–Crippen LogP) is 2.82. The first-order valence-corrected chi connectivity index (χ1v) is 8.90. The molecule has 2 atom stereocenters. The van der Waals surface area contributed by atoms with Crippen molar-refractivity contribution < 1.29 is 9.63 Å². The summed E-state index contributed by atoms with van der Waals surface area (Å²) in [5, 5.41) is 15.7. The molecule has 1 N–H and O–H groups in total. The van der Waals surface area contributed by atoms with Gasteiger partial charge in [-0.1, -0.05) is 30.3 Å². The Hall–Kier alpha value is -2.24. The van der Waals surface area contributed by atoms with Crippen LogP contribution in [0.15, 0.2) is 47.1 Å². The lowest BCUT2D eigenvalue weighted by Gasteiger charge is -2.15. The smallest absolute Gasteiger partial charge is 0.150 e.